The first-order valence-electron chi connectivity index (χ1n) is 4.92. The van der Waals surface area contributed by atoms with E-state index in [1.165, 1.54) is 0 Å². The second-order valence-electron chi connectivity index (χ2n) is 3.60. The standard InChI is InChI=1S/C7H4F6N2O6S2/c1-3-2-4(20-22(16,17)6(8,9)10)15-5(14-3)21-23(18,19)7(11,12)13/h2H,1H3. The number of aromatic nitrogens is 2. The zero-order valence-corrected chi connectivity index (χ0v) is 12.1. The topological polar surface area (TPSA) is 113 Å². The molecule has 1 aromatic rings. The fourth-order valence-corrected chi connectivity index (χ4v) is 1.67. The fourth-order valence-electron chi connectivity index (χ4n) is 0.898. The van der Waals surface area contributed by atoms with Crippen molar-refractivity contribution in [1.29, 1.82) is 0 Å². The lowest BCUT2D eigenvalue weighted by molar-refractivity contribution is -0.0503. The summed E-state index contributed by atoms with van der Waals surface area (Å²) < 4.78 is 123. The first-order valence-corrected chi connectivity index (χ1v) is 7.74. The monoisotopic (exact) mass is 390 g/mol. The number of hydrogen-bond donors (Lipinski definition) is 0. The Kier molecular flexibility index (Phi) is 4.73. The Hall–Kier alpha value is -1.84. The molecule has 0 N–H and O–H groups in total. The van der Waals surface area contributed by atoms with Gasteiger partial charge in [0.1, 0.15) is 0 Å². The van der Waals surface area contributed by atoms with Crippen LogP contribution in [0.4, 0.5) is 26.3 Å². The zero-order chi connectivity index (χ0) is 18.3. The summed E-state index contributed by atoms with van der Waals surface area (Å²) in [5.74, 6) is -1.39. The number of nitrogens with zero attached hydrogens (tertiary/aromatic N) is 2. The molecule has 0 aliphatic heterocycles. The number of aryl methyl sites for hydroxylation is 1. The first kappa shape index (κ1) is 19.2. The molecule has 1 heterocycles. The lowest BCUT2D eigenvalue weighted by atomic mass is 10.4. The Morgan fingerprint density at radius 3 is 1.74 bits per heavy atom. The Bertz CT molecular complexity index is 735. The van der Waals surface area contributed by atoms with Crippen LogP contribution in [0.15, 0.2) is 6.07 Å². The molecular formula is C7H4F6N2O6S2. The number of rotatable bonds is 4. The van der Waals surface area contributed by atoms with Crippen LogP contribution in [0.5, 0.6) is 11.9 Å². The van der Waals surface area contributed by atoms with Gasteiger partial charge in [-0.3, -0.25) is 0 Å². The summed E-state index contributed by atoms with van der Waals surface area (Å²) in [6.45, 7) is 0.974. The van der Waals surface area contributed by atoms with E-state index in [0.29, 0.717) is 6.07 Å². The van der Waals surface area contributed by atoms with Gasteiger partial charge in [0, 0.05) is 11.8 Å². The molecule has 0 fully saturated rings. The molecule has 1 aromatic heterocycles. The predicted octanol–water partition coefficient (Wildman–Crippen LogP) is 1.24. The minimum absolute atomic E-state index is 0.431. The molecule has 0 aromatic carbocycles. The highest BCUT2D eigenvalue weighted by atomic mass is 32.2. The van der Waals surface area contributed by atoms with Gasteiger partial charge < -0.3 is 8.37 Å². The summed E-state index contributed by atoms with van der Waals surface area (Å²) in [6, 6.07) is -1.08. The second-order valence-corrected chi connectivity index (χ2v) is 6.67. The first-order chi connectivity index (χ1) is 10.1. The highest BCUT2D eigenvalue weighted by molar-refractivity contribution is 7.88. The molecule has 0 radical (unpaired) electrons. The maximum absolute atomic E-state index is 12.1. The Labute approximate surface area is 124 Å². The number of halogens is 6. The lowest BCUT2D eigenvalue weighted by Gasteiger charge is -2.11. The van der Waals surface area contributed by atoms with E-state index < -0.39 is 48.8 Å². The summed E-state index contributed by atoms with van der Waals surface area (Å²) >= 11 is 0. The molecular weight excluding hydrogens is 386 g/mol. The van der Waals surface area contributed by atoms with Crippen molar-refractivity contribution in [3.63, 3.8) is 0 Å². The third-order valence-electron chi connectivity index (χ3n) is 1.76. The van der Waals surface area contributed by atoms with Crippen molar-refractivity contribution in [3.05, 3.63) is 11.8 Å². The maximum atomic E-state index is 12.1. The van der Waals surface area contributed by atoms with Crippen LogP contribution in [0.3, 0.4) is 0 Å². The molecule has 0 amide bonds. The van der Waals surface area contributed by atoms with Crippen LogP contribution in [0.2, 0.25) is 0 Å². The Morgan fingerprint density at radius 1 is 0.870 bits per heavy atom. The van der Waals surface area contributed by atoms with Gasteiger partial charge in [-0.25, -0.2) is 0 Å². The van der Waals surface area contributed by atoms with Crippen molar-refractivity contribution in [2.75, 3.05) is 0 Å². The minimum Gasteiger partial charge on any atom is -0.355 e. The molecule has 1 rings (SSSR count). The van der Waals surface area contributed by atoms with E-state index in [9.17, 15) is 43.2 Å². The van der Waals surface area contributed by atoms with Crippen molar-refractivity contribution in [2.24, 2.45) is 0 Å². The fraction of sp³-hybridized carbons (Fsp3) is 0.429. The summed E-state index contributed by atoms with van der Waals surface area (Å²) in [5.41, 5.74) is -12.1. The van der Waals surface area contributed by atoms with Gasteiger partial charge in [0.15, 0.2) is 0 Å². The average molecular weight is 390 g/mol. The largest absolute Gasteiger partial charge is 0.534 e. The van der Waals surface area contributed by atoms with Crippen LogP contribution >= 0.6 is 0 Å². The highest BCUT2D eigenvalue weighted by Crippen LogP contribution is 2.29. The quantitative estimate of drug-likeness (QED) is 0.429. The summed E-state index contributed by atoms with van der Waals surface area (Å²) in [4.78, 5) is 5.77. The van der Waals surface area contributed by atoms with Crippen LogP contribution in [0, 0.1) is 6.92 Å². The second kappa shape index (κ2) is 5.66. The summed E-state index contributed by atoms with van der Waals surface area (Å²) in [7, 11) is -12.4. The minimum atomic E-state index is -6.21. The molecule has 0 unspecified atom stereocenters. The van der Waals surface area contributed by atoms with Gasteiger partial charge in [-0.15, -0.1) is 0 Å². The molecule has 0 bridgehead atoms. The summed E-state index contributed by atoms with van der Waals surface area (Å²) in [6.07, 6.45) is 0. The average Bonchev–Trinajstić information content (AvgIpc) is 2.22. The third kappa shape index (κ3) is 4.57. The molecule has 0 saturated carbocycles. The molecule has 0 atom stereocenters. The van der Waals surface area contributed by atoms with Gasteiger partial charge in [-0.2, -0.15) is 53.1 Å². The predicted molar refractivity (Wildman–Crippen MR) is 58.0 cm³/mol. The Morgan fingerprint density at radius 2 is 1.30 bits per heavy atom. The van der Waals surface area contributed by atoms with Gasteiger partial charge >= 0.3 is 37.3 Å². The van der Waals surface area contributed by atoms with Crippen LogP contribution in [0.25, 0.3) is 0 Å². The van der Waals surface area contributed by atoms with E-state index in [0.717, 1.165) is 6.92 Å². The van der Waals surface area contributed by atoms with E-state index >= 15 is 0 Å². The zero-order valence-electron chi connectivity index (χ0n) is 10.5. The van der Waals surface area contributed by atoms with Crippen molar-refractivity contribution < 1.29 is 51.5 Å². The van der Waals surface area contributed by atoms with Crippen LogP contribution in [-0.4, -0.2) is 37.8 Å². The maximum Gasteiger partial charge on any atom is 0.534 e. The molecule has 132 valence electrons. The SMILES string of the molecule is Cc1cc(OS(=O)(=O)C(F)(F)F)nc(OS(=O)(=O)C(F)(F)F)n1. The van der Waals surface area contributed by atoms with Gasteiger partial charge in [0.05, 0.1) is 0 Å². The Balaban J connectivity index is 3.21. The number of hydrogen-bond acceptors (Lipinski definition) is 8. The van der Waals surface area contributed by atoms with Gasteiger partial charge in [0.25, 0.3) is 0 Å². The van der Waals surface area contributed by atoms with E-state index in [1.54, 1.807) is 0 Å². The normalized spacial score (nSPS) is 13.7. The molecule has 8 nitrogen and oxygen atoms in total. The highest BCUT2D eigenvalue weighted by Gasteiger charge is 2.50. The van der Waals surface area contributed by atoms with Gasteiger partial charge in [-0.1, -0.05) is 0 Å². The van der Waals surface area contributed by atoms with Crippen molar-refractivity contribution in [3.8, 4) is 11.9 Å². The van der Waals surface area contributed by atoms with Gasteiger partial charge in [0.2, 0.25) is 5.88 Å². The van der Waals surface area contributed by atoms with E-state index in [2.05, 4.69) is 18.3 Å². The third-order valence-corrected chi connectivity index (χ3v) is 3.65. The van der Waals surface area contributed by atoms with E-state index in [-0.39, 0.29) is 0 Å². The van der Waals surface area contributed by atoms with E-state index in [1.807, 2.05) is 0 Å². The van der Waals surface area contributed by atoms with Crippen molar-refractivity contribution in [2.45, 2.75) is 17.9 Å². The van der Waals surface area contributed by atoms with Crippen molar-refractivity contribution >= 4 is 20.2 Å². The summed E-state index contributed by atoms with van der Waals surface area (Å²) in [5, 5.41) is 0. The van der Waals surface area contributed by atoms with Crippen LogP contribution < -0.4 is 8.37 Å². The molecule has 0 saturated heterocycles. The van der Waals surface area contributed by atoms with Crippen molar-refractivity contribution in [1.82, 2.24) is 9.97 Å². The lowest BCUT2D eigenvalue weighted by Crippen LogP contribution is -2.29. The molecule has 0 aliphatic rings. The molecule has 23 heavy (non-hydrogen) atoms. The molecule has 0 aliphatic carbocycles. The smallest absolute Gasteiger partial charge is 0.355 e. The number of alkyl halides is 6. The van der Waals surface area contributed by atoms with Gasteiger partial charge in [-0.05, 0) is 6.92 Å². The van der Waals surface area contributed by atoms with Crippen LogP contribution in [-0.2, 0) is 20.2 Å². The molecule has 0 spiro atoms. The van der Waals surface area contributed by atoms with E-state index in [4.69, 9.17) is 0 Å². The van der Waals surface area contributed by atoms with Crippen LogP contribution in [0.1, 0.15) is 5.69 Å². The molecule has 16 heteroatoms.